The van der Waals surface area contributed by atoms with Crippen molar-refractivity contribution in [3.63, 3.8) is 0 Å². The smallest absolute Gasteiger partial charge is 0.223 e. The quantitative estimate of drug-likeness (QED) is 0.926. The lowest BCUT2D eigenvalue weighted by Crippen LogP contribution is -2.24. The molecule has 0 radical (unpaired) electrons. The number of ether oxygens (including phenoxy) is 1. The van der Waals surface area contributed by atoms with Gasteiger partial charge in [-0.05, 0) is 46.9 Å². The third-order valence-electron chi connectivity index (χ3n) is 4.02. The Labute approximate surface area is 118 Å². The number of fused-ring (bicyclic) bond motifs is 1. The first kappa shape index (κ1) is 13.0. The van der Waals surface area contributed by atoms with Gasteiger partial charge in [-0.2, -0.15) is 0 Å². The number of nitrogens with one attached hydrogen (secondary N) is 1. The van der Waals surface area contributed by atoms with E-state index >= 15 is 0 Å². The molecule has 0 heterocycles. The second-order valence-electron chi connectivity index (χ2n) is 5.58. The molecule has 0 unspecified atom stereocenters. The highest BCUT2D eigenvalue weighted by molar-refractivity contribution is 5.85. The zero-order valence-electron chi connectivity index (χ0n) is 11.8. The average Bonchev–Trinajstić information content (AvgIpc) is 3.21. The molecule has 3 heteroatoms. The van der Waals surface area contributed by atoms with Crippen LogP contribution in [0.4, 0.5) is 0 Å². The summed E-state index contributed by atoms with van der Waals surface area (Å²) in [7, 11) is 1.67. The van der Waals surface area contributed by atoms with Crippen LogP contribution >= 0.6 is 0 Å². The minimum absolute atomic E-state index is 0.187. The lowest BCUT2D eigenvalue weighted by Gasteiger charge is -2.07. The Bertz CT molecular complexity index is 650. The van der Waals surface area contributed by atoms with Gasteiger partial charge in [-0.15, -0.1) is 0 Å². The maximum absolute atomic E-state index is 11.8. The first-order valence-corrected chi connectivity index (χ1v) is 7.02. The lowest BCUT2D eigenvalue weighted by atomic mass is 10.1. The molecule has 1 aliphatic carbocycles. The van der Waals surface area contributed by atoms with Crippen molar-refractivity contribution in [3.05, 3.63) is 42.0 Å². The highest BCUT2D eigenvalue weighted by atomic mass is 16.5. The van der Waals surface area contributed by atoms with Gasteiger partial charge in [0, 0.05) is 12.5 Å². The van der Waals surface area contributed by atoms with Crippen molar-refractivity contribution < 1.29 is 9.53 Å². The lowest BCUT2D eigenvalue weighted by molar-refractivity contribution is -0.122. The molecule has 0 aliphatic heterocycles. The van der Waals surface area contributed by atoms with Gasteiger partial charge in [0.2, 0.25) is 5.91 Å². The van der Waals surface area contributed by atoms with Gasteiger partial charge in [-0.25, -0.2) is 0 Å². The molecule has 1 amide bonds. The second kappa shape index (κ2) is 5.16. The molecule has 3 nitrogen and oxygen atoms in total. The molecule has 104 valence electrons. The zero-order valence-corrected chi connectivity index (χ0v) is 11.8. The SMILES string of the molecule is COc1ccc2cc(CNC(=O)[C@H]3C[C@H]3C)ccc2c1. The van der Waals surface area contributed by atoms with E-state index in [0.717, 1.165) is 28.5 Å². The Morgan fingerprint density at radius 1 is 1.25 bits per heavy atom. The van der Waals surface area contributed by atoms with E-state index in [-0.39, 0.29) is 11.8 Å². The summed E-state index contributed by atoms with van der Waals surface area (Å²) in [6, 6.07) is 12.3. The van der Waals surface area contributed by atoms with Crippen LogP contribution in [-0.4, -0.2) is 13.0 Å². The minimum Gasteiger partial charge on any atom is -0.497 e. The van der Waals surface area contributed by atoms with E-state index < -0.39 is 0 Å². The predicted octanol–water partition coefficient (Wildman–Crippen LogP) is 3.12. The van der Waals surface area contributed by atoms with Gasteiger partial charge in [0.05, 0.1) is 7.11 Å². The minimum atomic E-state index is 0.187. The highest BCUT2D eigenvalue weighted by Crippen LogP contribution is 2.37. The van der Waals surface area contributed by atoms with Crippen molar-refractivity contribution in [2.24, 2.45) is 11.8 Å². The first-order chi connectivity index (χ1) is 9.67. The molecule has 0 bridgehead atoms. The van der Waals surface area contributed by atoms with Crippen LogP contribution in [-0.2, 0) is 11.3 Å². The molecule has 1 aliphatic rings. The molecule has 2 aromatic carbocycles. The number of methoxy groups -OCH3 is 1. The van der Waals surface area contributed by atoms with Crippen molar-refractivity contribution in [1.82, 2.24) is 5.32 Å². The number of amides is 1. The van der Waals surface area contributed by atoms with Gasteiger partial charge >= 0.3 is 0 Å². The molecule has 1 fully saturated rings. The number of benzene rings is 2. The van der Waals surface area contributed by atoms with Crippen LogP contribution in [0.1, 0.15) is 18.9 Å². The van der Waals surface area contributed by atoms with Crippen molar-refractivity contribution in [2.75, 3.05) is 7.11 Å². The van der Waals surface area contributed by atoms with Gasteiger partial charge < -0.3 is 10.1 Å². The Kier molecular flexibility index (Phi) is 3.35. The molecule has 2 atom stereocenters. The molecule has 0 spiro atoms. The molecule has 1 N–H and O–H groups in total. The summed E-state index contributed by atoms with van der Waals surface area (Å²) in [4.78, 5) is 11.8. The molecule has 0 aromatic heterocycles. The van der Waals surface area contributed by atoms with Gasteiger partial charge in [0.1, 0.15) is 5.75 Å². The first-order valence-electron chi connectivity index (χ1n) is 7.02. The molecular formula is C17H19NO2. The molecular weight excluding hydrogens is 250 g/mol. The Hall–Kier alpha value is -2.03. The van der Waals surface area contributed by atoms with Crippen molar-refractivity contribution >= 4 is 16.7 Å². The fourth-order valence-corrected chi connectivity index (χ4v) is 2.52. The third kappa shape index (κ3) is 2.62. The van der Waals surface area contributed by atoms with Crippen LogP contribution in [0.5, 0.6) is 5.75 Å². The zero-order chi connectivity index (χ0) is 14.1. The van der Waals surface area contributed by atoms with Gasteiger partial charge in [0.25, 0.3) is 0 Å². The van der Waals surface area contributed by atoms with Crippen LogP contribution in [0.25, 0.3) is 10.8 Å². The number of hydrogen-bond donors (Lipinski definition) is 1. The van der Waals surface area contributed by atoms with Crippen LogP contribution in [0.15, 0.2) is 36.4 Å². The average molecular weight is 269 g/mol. The van der Waals surface area contributed by atoms with Crippen molar-refractivity contribution in [1.29, 1.82) is 0 Å². The highest BCUT2D eigenvalue weighted by Gasteiger charge is 2.38. The van der Waals surface area contributed by atoms with Gasteiger partial charge in [0.15, 0.2) is 0 Å². The number of carbonyl (C=O) groups excluding carboxylic acids is 1. The van der Waals surface area contributed by atoms with E-state index in [0.29, 0.717) is 12.5 Å². The van der Waals surface area contributed by atoms with Crippen molar-refractivity contribution in [2.45, 2.75) is 19.9 Å². The van der Waals surface area contributed by atoms with E-state index in [9.17, 15) is 4.79 Å². The van der Waals surface area contributed by atoms with Crippen LogP contribution in [0.2, 0.25) is 0 Å². The molecule has 3 rings (SSSR count). The molecule has 0 saturated heterocycles. The van der Waals surface area contributed by atoms with E-state index in [1.165, 1.54) is 0 Å². The van der Waals surface area contributed by atoms with E-state index in [1.54, 1.807) is 7.11 Å². The summed E-state index contributed by atoms with van der Waals surface area (Å²) in [5.74, 6) is 1.84. The topological polar surface area (TPSA) is 38.3 Å². The predicted molar refractivity (Wildman–Crippen MR) is 79.6 cm³/mol. The maximum Gasteiger partial charge on any atom is 0.223 e. The summed E-state index contributed by atoms with van der Waals surface area (Å²) in [6.45, 7) is 2.72. The molecule has 1 saturated carbocycles. The van der Waals surface area contributed by atoms with Crippen LogP contribution < -0.4 is 10.1 Å². The van der Waals surface area contributed by atoms with E-state index in [2.05, 4.69) is 30.4 Å². The Morgan fingerprint density at radius 2 is 1.95 bits per heavy atom. The van der Waals surface area contributed by atoms with Gasteiger partial charge in [-0.3, -0.25) is 4.79 Å². The normalized spacial score (nSPS) is 20.7. The Morgan fingerprint density at radius 3 is 2.65 bits per heavy atom. The van der Waals surface area contributed by atoms with Crippen LogP contribution in [0.3, 0.4) is 0 Å². The summed E-state index contributed by atoms with van der Waals surface area (Å²) in [5.41, 5.74) is 1.13. The van der Waals surface area contributed by atoms with Gasteiger partial charge in [-0.1, -0.05) is 25.1 Å². The monoisotopic (exact) mass is 269 g/mol. The number of carbonyl (C=O) groups is 1. The fraction of sp³-hybridized carbons (Fsp3) is 0.353. The summed E-state index contributed by atoms with van der Waals surface area (Å²) in [5, 5.41) is 5.33. The Balaban J connectivity index is 1.71. The molecule has 2 aromatic rings. The third-order valence-corrected chi connectivity index (χ3v) is 4.02. The summed E-state index contributed by atoms with van der Waals surface area (Å²) in [6.07, 6.45) is 1.03. The summed E-state index contributed by atoms with van der Waals surface area (Å²) >= 11 is 0. The van der Waals surface area contributed by atoms with E-state index in [4.69, 9.17) is 4.74 Å². The van der Waals surface area contributed by atoms with Crippen molar-refractivity contribution in [3.8, 4) is 5.75 Å². The second-order valence-corrected chi connectivity index (χ2v) is 5.58. The fourth-order valence-electron chi connectivity index (χ4n) is 2.52. The maximum atomic E-state index is 11.8. The van der Waals surface area contributed by atoms with E-state index in [1.807, 2.05) is 18.2 Å². The number of rotatable bonds is 4. The standard InChI is InChI=1S/C17H19NO2/c1-11-7-16(11)17(19)18-10-12-3-4-14-9-15(20-2)6-5-13(14)8-12/h3-6,8-9,11,16H,7,10H2,1-2H3,(H,18,19)/t11-,16+/m1/s1. The largest absolute Gasteiger partial charge is 0.497 e. The van der Waals surface area contributed by atoms with Crippen LogP contribution in [0, 0.1) is 11.8 Å². The number of hydrogen-bond acceptors (Lipinski definition) is 2. The summed E-state index contributed by atoms with van der Waals surface area (Å²) < 4.78 is 5.22. The molecule has 20 heavy (non-hydrogen) atoms.